The molecule has 0 spiro atoms. The summed E-state index contributed by atoms with van der Waals surface area (Å²) in [5.41, 5.74) is 3.60. The van der Waals surface area contributed by atoms with Gasteiger partial charge in [-0.05, 0) is 42.0 Å². The summed E-state index contributed by atoms with van der Waals surface area (Å²) in [4.78, 5) is 26.8. The summed E-state index contributed by atoms with van der Waals surface area (Å²) in [6.45, 7) is 1.93. The molecule has 0 saturated carbocycles. The number of pyridine rings is 1. The fourth-order valence-corrected chi connectivity index (χ4v) is 3.96. The lowest BCUT2D eigenvalue weighted by molar-refractivity contribution is 0.241. The molecule has 162 valence electrons. The third kappa shape index (κ3) is 3.92. The standard InChI is InChI=1S/C24H21FN4O3/c1-31-21-7-5-16(25)11-17(21)19-6-4-15(12-26-19)13-29-9-8-20-18(14-29)24(30)28-23(27-20)22-3-2-10-32-22/h2-7,10-12H,8-9,13-14H2,1H3,(H,27,28,30). The average Bonchev–Trinajstić information content (AvgIpc) is 3.35. The zero-order valence-corrected chi connectivity index (χ0v) is 17.5. The molecule has 5 rings (SSSR count). The highest BCUT2D eigenvalue weighted by atomic mass is 19.1. The van der Waals surface area contributed by atoms with Gasteiger partial charge >= 0.3 is 0 Å². The molecular formula is C24H21FN4O3. The maximum atomic E-state index is 13.7. The highest BCUT2D eigenvalue weighted by Gasteiger charge is 2.22. The molecule has 0 saturated heterocycles. The van der Waals surface area contributed by atoms with E-state index in [0.717, 1.165) is 17.8 Å². The first-order valence-corrected chi connectivity index (χ1v) is 10.3. The molecule has 0 unspecified atom stereocenters. The summed E-state index contributed by atoms with van der Waals surface area (Å²) < 4.78 is 24.4. The van der Waals surface area contributed by atoms with Crippen molar-refractivity contribution in [3.8, 4) is 28.6 Å². The first kappa shape index (κ1) is 20.1. The van der Waals surface area contributed by atoms with Crippen LogP contribution in [0, 0.1) is 5.82 Å². The van der Waals surface area contributed by atoms with Gasteiger partial charge in [0.05, 0.1) is 30.3 Å². The predicted octanol–water partition coefficient (Wildman–Crippen LogP) is 3.80. The maximum Gasteiger partial charge on any atom is 0.256 e. The molecule has 1 aliphatic rings. The van der Waals surface area contributed by atoms with Crippen molar-refractivity contribution in [2.75, 3.05) is 13.7 Å². The van der Waals surface area contributed by atoms with Crippen LogP contribution in [0.5, 0.6) is 5.75 Å². The average molecular weight is 432 g/mol. The van der Waals surface area contributed by atoms with E-state index in [1.54, 1.807) is 37.8 Å². The molecule has 1 aromatic carbocycles. The van der Waals surface area contributed by atoms with Crippen LogP contribution in [0.1, 0.15) is 16.8 Å². The van der Waals surface area contributed by atoms with Gasteiger partial charge in [0.15, 0.2) is 11.6 Å². The van der Waals surface area contributed by atoms with E-state index in [-0.39, 0.29) is 11.4 Å². The number of benzene rings is 1. The molecule has 4 heterocycles. The van der Waals surface area contributed by atoms with Gasteiger partial charge in [-0.25, -0.2) is 9.37 Å². The van der Waals surface area contributed by atoms with Crippen molar-refractivity contribution in [3.05, 3.63) is 87.9 Å². The molecule has 1 aliphatic heterocycles. The number of fused-ring (bicyclic) bond motifs is 1. The Morgan fingerprint density at radius 3 is 2.91 bits per heavy atom. The van der Waals surface area contributed by atoms with Crippen molar-refractivity contribution in [1.29, 1.82) is 0 Å². The van der Waals surface area contributed by atoms with Crippen LogP contribution in [-0.4, -0.2) is 33.5 Å². The van der Waals surface area contributed by atoms with Gasteiger partial charge in [-0.1, -0.05) is 6.07 Å². The van der Waals surface area contributed by atoms with Crippen molar-refractivity contribution in [2.24, 2.45) is 0 Å². The van der Waals surface area contributed by atoms with Gasteiger partial charge in [-0.3, -0.25) is 14.7 Å². The zero-order chi connectivity index (χ0) is 22.1. The molecule has 0 amide bonds. The Balaban J connectivity index is 1.32. The third-order valence-corrected chi connectivity index (χ3v) is 5.57. The van der Waals surface area contributed by atoms with Crippen molar-refractivity contribution in [2.45, 2.75) is 19.5 Å². The van der Waals surface area contributed by atoms with Crippen LogP contribution in [0.3, 0.4) is 0 Å². The number of aromatic amines is 1. The topological polar surface area (TPSA) is 84.2 Å². The Labute approximate surface area is 183 Å². The monoisotopic (exact) mass is 432 g/mol. The van der Waals surface area contributed by atoms with Crippen LogP contribution in [0.2, 0.25) is 0 Å². The lowest BCUT2D eigenvalue weighted by Gasteiger charge is -2.27. The number of H-pyrrole nitrogens is 1. The van der Waals surface area contributed by atoms with E-state index in [9.17, 15) is 9.18 Å². The van der Waals surface area contributed by atoms with Gasteiger partial charge in [0.25, 0.3) is 5.56 Å². The molecular weight excluding hydrogens is 411 g/mol. The highest BCUT2D eigenvalue weighted by Crippen LogP contribution is 2.29. The van der Waals surface area contributed by atoms with Crippen LogP contribution in [0.4, 0.5) is 4.39 Å². The number of aromatic nitrogens is 3. The number of hydrogen-bond donors (Lipinski definition) is 1. The second-order valence-corrected chi connectivity index (χ2v) is 7.67. The van der Waals surface area contributed by atoms with Crippen LogP contribution >= 0.6 is 0 Å². The summed E-state index contributed by atoms with van der Waals surface area (Å²) in [6.07, 6.45) is 4.01. The highest BCUT2D eigenvalue weighted by molar-refractivity contribution is 5.67. The fraction of sp³-hybridized carbons (Fsp3) is 0.208. The quantitative estimate of drug-likeness (QED) is 0.517. The molecule has 0 fully saturated rings. The van der Waals surface area contributed by atoms with Crippen LogP contribution < -0.4 is 10.3 Å². The van der Waals surface area contributed by atoms with E-state index in [4.69, 9.17) is 9.15 Å². The van der Waals surface area contributed by atoms with E-state index in [0.29, 0.717) is 53.7 Å². The molecule has 4 aromatic rings. The summed E-state index contributed by atoms with van der Waals surface area (Å²) in [5, 5.41) is 0. The number of hydrogen-bond acceptors (Lipinski definition) is 6. The number of methoxy groups -OCH3 is 1. The van der Waals surface area contributed by atoms with Crippen LogP contribution in [0.25, 0.3) is 22.8 Å². The minimum atomic E-state index is -0.340. The number of nitrogens with one attached hydrogen (secondary N) is 1. The molecule has 0 radical (unpaired) electrons. The SMILES string of the molecule is COc1ccc(F)cc1-c1ccc(CN2CCc3nc(-c4ccco4)[nH]c(=O)c3C2)cn1. The third-order valence-electron chi connectivity index (χ3n) is 5.57. The second kappa shape index (κ2) is 8.39. The van der Waals surface area contributed by atoms with Gasteiger partial charge in [0.2, 0.25) is 0 Å². The van der Waals surface area contributed by atoms with Gasteiger partial charge < -0.3 is 14.1 Å². The summed E-state index contributed by atoms with van der Waals surface area (Å²) in [6, 6.07) is 11.7. The maximum absolute atomic E-state index is 13.7. The normalized spacial score (nSPS) is 13.7. The minimum absolute atomic E-state index is 0.141. The molecule has 3 aromatic heterocycles. The smallest absolute Gasteiger partial charge is 0.256 e. The number of rotatable bonds is 5. The fourth-order valence-electron chi connectivity index (χ4n) is 3.96. The second-order valence-electron chi connectivity index (χ2n) is 7.67. The molecule has 8 heteroatoms. The van der Waals surface area contributed by atoms with E-state index in [1.165, 1.54) is 12.1 Å². The molecule has 32 heavy (non-hydrogen) atoms. The van der Waals surface area contributed by atoms with Crippen LogP contribution in [0.15, 0.2) is 64.1 Å². The Morgan fingerprint density at radius 2 is 2.16 bits per heavy atom. The van der Waals surface area contributed by atoms with E-state index in [2.05, 4.69) is 19.9 Å². The lowest BCUT2D eigenvalue weighted by atomic mass is 10.1. The minimum Gasteiger partial charge on any atom is -0.496 e. The Morgan fingerprint density at radius 1 is 1.25 bits per heavy atom. The molecule has 0 aliphatic carbocycles. The largest absolute Gasteiger partial charge is 0.496 e. The van der Waals surface area contributed by atoms with Crippen molar-refractivity contribution >= 4 is 0 Å². The zero-order valence-electron chi connectivity index (χ0n) is 17.5. The lowest BCUT2D eigenvalue weighted by Crippen LogP contribution is -2.35. The van der Waals surface area contributed by atoms with E-state index >= 15 is 0 Å². The predicted molar refractivity (Wildman–Crippen MR) is 117 cm³/mol. The van der Waals surface area contributed by atoms with Gasteiger partial charge in [0, 0.05) is 37.8 Å². The number of halogens is 1. The molecule has 7 nitrogen and oxygen atoms in total. The van der Waals surface area contributed by atoms with E-state index in [1.807, 2.05) is 12.1 Å². The molecule has 1 N–H and O–H groups in total. The number of furan rings is 1. The Bertz CT molecular complexity index is 1300. The van der Waals surface area contributed by atoms with Gasteiger partial charge in [-0.2, -0.15) is 0 Å². The van der Waals surface area contributed by atoms with Crippen molar-refractivity contribution < 1.29 is 13.5 Å². The molecule has 0 atom stereocenters. The van der Waals surface area contributed by atoms with Gasteiger partial charge in [-0.15, -0.1) is 0 Å². The van der Waals surface area contributed by atoms with Crippen molar-refractivity contribution in [3.63, 3.8) is 0 Å². The Kier molecular flexibility index (Phi) is 5.28. The Hall–Kier alpha value is -3.78. The summed E-state index contributed by atoms with van der Waals surface area (Å²) in [7, 11) is 1.55. The van der Waals surface area contributed by atoms with Gasteiger partial charge in [0.1, 0.15) is 11.6 Å². The van der Waals surface area contributed by atoms with Crippen molar-refractivity contribution in [1.82, 2.24) is 19.9 Å². The summed E-state index contributed by atoms with van der Waals surface area (Å²) >= 11 is 0. The first-order valence-electron chi connectivity index (χ1n) is 10.3. The van der Waals surface area contributed by atoms with E-state index < -0.39 is 0 Å². The summed E-state index contributed by atoms with van der Waals surface area (Å²) in [5.74, 6) is 1.24. The first-order chi connectivity index (χ1) is 15.6. The van der Waals surface area contributed by atoms with Crippen LogP contribution in [-0.2, 0) is 19.5 Å². The number of ether oxygens (including phenoxy) is 1. The number of nitrogens with zero attached hydrogens (tertiary/aromatic N) is 3. The molecule has 0 bridgehead atoms.